The van der Waals surface area contributed by atoms with Crippen LogP contribution in [0.1, 0.15) is 0 Å². The van der Waals surface area contributed by atoms with E-state index in [-0.39, 0.29) is 37.9 Å². The lowest BCUT2D eigenvalue weighted by atomic mass is 10.3. The summed E-state index contributed by atoms with van der Waals surface area (Å²) < 4.78 is 36.6. The Kier molecular flexibility index (Phi) is 8.52. The molecule has 1 heterocycles. The number of aromatic nitrogens is 2. The van der Waals surface area contributed by atoms with E-state index >= 15 is 0 Å². The largest absolute Gasteiger partial charge is 0.491 e. The van der Waals surface area contributed by atoms with Crippen LogP contribution >= 0.6 is 0 Å². The molecule has 8 nitrogen and oxygen atoms in total. The molecule has 0 aliphatic rings. The maximum Gasteiger partial charge on any atom is 0.169 e. The number of nitrogens with zero attached hydrogens (tertiary/aromatic N) is 2. The highest BCUT2D eigenvalue weighted by Gasteiger charge is 2.12. The molecule has 0 spiro atoms. The van der Waals surface area contributed by atoms with Gasteiger partial charge in [-0.3, -0.25) is 0 Å². The zero-order chi connectivity index (χ0) is 22.8. The molecule has 4 N–H and O–H groups in total. The predicted molar refractivity (Wildman–Crippen MR) is 115 cm³/mol. The van der Waals surface area contributed by atoms with Crippen LogP contribution in [-0.2, 0) is 0 Å². The Morgan fingerprint density at radius 3 is 1.44 bits per heavy atom. The second-order valence-corrected chi connectivity index (χ2v) is 6.85. The highest BCUT2D eigenvalue weighted by atomic mass is 19.1. The quantitative estimate of drug-likeness (QED) is 0.336. The van der Waals surface area contributed by atoms with Gasteiger partial charge in [0.05, 0.1) is 0 Å². The number of anilines is 2. The number of halogens is 2. The molecular weight excluding hydrogens is 422 g/mol. The normalized spacial score (nSPS) is 12.6. The second-order valence-electron chi connectivity index (χ2n) is 6.85. The average Bonchev–Trinajstić information content (AvgIpc) is 2.81. The Morgan fingerprint density at radius 1 is 0.688 bits per heavy atom. The summed E-state index contributed by atoms with van der Waals surface area (Å²) in [5.74, 6) is 0.942. The first-order valence-corrected chi connectivity index (χ1v) is 9.91. The van der Waals surface area contributed by atoms with Crippen LogP contribution in [0.2, 0.25) is 0 Å². The van der Waals surface area contributed by atoms with Crippen LogP contribution < -0.4 is 20.1 Å². The van der Waals surface area contributed by atoms with Crippen LogP contribution in [0, 0.1) is 11.6 Å². The van der Waals surface area contributed by atoms with Crippen molar-refractivity contribution in [2.75, 3.05) is 36.9 Å². The van der Waals surface area contributed by atoms with Crippen LogP contribution in [0.4, 0.5) is 20.4 Å². The lowest BCUT2D eigenvalue weighted by Crippen LogP contribution is -2.28. The topological polar surface area (TPSA) is 109 Å². The first-order valence-electron chi connectivity index (χ1n) is 9.91. The van der Waals surface area contributed by atoms with Gasteiger partial charge in [0.2, 0.25) is 0 Å². The summed E-state index contributed by atoms with van der Waals surface area (Å²) in [5, 5.41) is 26.2. The van der Waals surface area contributed by atoms with Crippen molar-refractivity contribution in [3.05, 3.63) is 72.6 Å². The molecule has 2 atom stereocenters. The third kappa shape index (κ3) is 7.64. The van der Waals surface area contributed by atoms with E-state index in [4.69, 9.17) is 9.47 Å². The van der Waals surface area contributed by atoms with Crippen LogP contribution in [0.3, 0.4) is 0 Å². The van der Waals surface area contributed by atoms with E-state index in [1.165, 1.54) is 60.9 Å². The van der Waals surface area contributed by atoms with Gasteiger partial charge in [0, 0.05) is 25.5 Å². The molecule has 2 aromatic carbocycles. The highest BCUT2D eigenvalue weighted by Crippen LogP contribution is 2.16. The predicted octanol–water partition coefficient (Wildman–Crippen LogP) is 2.46. The summed E-state index contributed by atoms with van der Waals surface area (Å²) >= 11 is 0. The Balaban J connectivity index is 1.42. The van der Waals surface area contributed by atoms with Crippen LogP contribution in [0.5, 0.6) is 11.5 Å². The third-order valence-electron chi connectivity index (χ3n) is 4.22. The number of aliphatic hydroxyl groups excluding tert-OH is 2. The second kappa shape index (κ2) is 11.8. The Labute approximate surface area is 183 Å². The molecule has 10 heteroatoms. The van der Waals surface area contributed by atoms with Gasteiger partial charge in [-0.1, -0.05) is 0 Å². The monoisotopic (exact) mass is 446 g/mol. The minimum atomic E-state index is -0.857. The van der Waals surface area contributed by atoms with Crippen molar-refractivity contribution in [3.8, 4) is 11.5 Å². The molecule has 3 rings (SSSR count). The van der Waals surface area contributed by atoms with Gasteiger partial charge in [-0.15, -0.1) is 0 Å². The van der Waals surface area contributed by atoms with Crippen LogP contribution in [0.15, 0.2) is 60.9 Å². The van der Waals surface area contributed by atoms with Gasteiger partial charge in [0.1, 0.15) is 48.6 Å². The molecule has 1 aromatic heterocycles. The van der Waals surface area contributed by atoms with E-state index in [1.54, 1.807) is 0 Å². The SMILES string of the molecule is O[C@@H](CNc1nccnc1NC[C@H](O)COc1ccc(F)cc1)COc1ccc(F)cc1. The Bertz CT molecular complexity index is 882. The molecule has 0 bridgehead atoms. The molecule has 0 saturated heterocycles. The third-order valence-corrected chi connectivity index (χ3v) is 4.22. The number of benzene rings is 2. The summed E-state index contributed by atoms with van der Waals surface area (Å²) in [6, 6.07) is 11.0. The maximum atomic E-state index is 12.9. The molecule has 0 amide bonds. The van der Waals surface area contributed by atoms with Gasteiger partial charge in [0.25, 0.3) is 0 Å². The van der Waals surface area contributed by atoms with Crippen molar-refractivity contribution in [2.24, 2.45) is 0 Å². The van der Waals surface area contributed by atoms with Crippen molar-refractivity contribution in [1.29, 1.82) is 0 Å². The number of hydrogen-bond donors (Lipinski definition) is 4. The van der Waals surface area contributed by atoms with Gasteiger partial charge in [-0.25, -0.2) is 18.7 Å². The standard InChI is InChI=1S/C22H24F2N4O4/c23-15-1-5-19(6-2-15)31-13-17(29)11-27-21-22(26-10-9-25-21)28-12-18(30)14-32-20-7-3-16(24)4-8-20/h1-10,17-18,29-30H,11-14H2,(H,25,27)(H,26,28)/t17-,18-/m0/s1. The van der Waals surface area contributed by atoms with Gasteiger partial charge in [-0.2, -0.15) is 0 Å². The highest BCUT2D eigenvalue weighted by molar-refractivity contribution is 5.58. The van der Waals surface area contributed by atoms with E-state index in [1.807, 2.05) is 0 Å². The number of ether oxygens (including phenoxy) is 2. The smallest absolute Gasteiger partial charge is 0.169 e. The summed E-state index contributed by atoms with van der Waals surface area (Å²) in [7, 11) is 0. The number of hydrogen-bond acceptors (Lipinski definition) is 8. The number of aliphatic hydroxyl groups is 2. The van der Waals surface area contributed by atoms with E-state index in [2.05, 4.69) is 20.6 Å². The van der Waals surface area contributed by atoms with Crippen molar-refractivity contribution in [2.45, 2.75) is 12.2 Å². The molecule has 32 heavy (non-hydrogen) atoms. The summed E-state index contributed by atoms with van der Waals surface area (Å²) in [5.41, 5.74) is 0. The molecule has 0 fully saturated rings. The number of rotatable bonds is 12. The fourth-order valence-electron chi connectivity index (χ4n) is 2.59. The fourth-order valence-corrected chi connectivity index (χ4v) is 2.59. The van der Waals surface area contributed by atoms with E-state index in [0.717, 1.165) is 0 Å². The zero-order valence-corrected chi connectivity index (χ0v) is 17.1. The molecule has 3 aromatic rings. The molecule has 0 aliphatic carbocycles. The van der Waals surface area contributed by atoms with E-state index in [9.17, 15) is 19.0 Å². The Hall–Kier alpha value is -3.50. The van der Waals surface area contributed by atoms with Gasteiger partial charge in [0.15, 0.2) is 11.6 Å². The average molecular weight is 446 g/mol. The molecule has 0 aliphatic heterocycles. The van der Waals surface area contributed by atoms with Gasteiger partial charge >= 0.3 is 0 Å². The first-order chi connectivity index (χ1) is 15.5. The summed E-state index contributed by atoms with van der Waals surface area (Å²) in [6.45, 7) is 0.262. The molecule has 0 saturated carbocycles. The van der Waals surface area contributed by atoms with Crippen LogP contribution in [0.25, 0.3) is 0 Å². The zero-order valence-electron chi connectivity index (χ0n) is 17.1. The van der Waals surface area contributed by atoms with E-state index < -0.39 is 12.2 Å². The van der Waals surface area contributed by atoms with Crippen molar-refractivity contribution < 1.29 is 28.5 Å². The maximum absolute atomic E-state index is 12.9. The van der Waals surface area contributed by atoms with E-state index in [0.29, 0.717) is 23.1 Å². The Morgan fingerprint density at radius 2 is 1.06 bits per heavy atom. The van der Waals surface area contributed by atoms with Gasteiger partial charge < -0.3 is 30.3 Å². The van der Waals surface area contributed by atoms with Gasteiger partial charge in [-0.05, 0) is 48.5 Å². The van der Waals surface area contributed by atoms with Crippen LogP contribution in [-0.4, -0.2) is 58.7 Å². The summed E-state index contributed by atoms with van der Waals surface area (Å²) in [4.78, 5) is 8.36. The minimum absolute atomic E-state index is 0.00109. The minimum Gasteiger partial charge on any atom is -0.491 e. The first kappa shape index (κ1) is 23.2. The van der Waals surface area contributed by atoms with Crippen molar-refractivity contribution in [1.82, 2.24) is 9.97 Å². The number of nitrogens with one attached hydrogen (secondary N) is 2. The summed E-state index contributed by atoms with van der Waals surface area (Å²) in [6.07, 6.45) is 1.26. The molecule has 0 unspecified atom stereocenters. The molecule has 170 valence electrons. The molecular formula is C22H24F2N4O4. The van der Waals surface area contributed by atoms with Crippen molar-refractivity contribution >= 4 is 11.6 Å². The van der Waals surface area contributed by atoms with Crippen molar-refractivity contribution in [3.63, 3.8) is 0 Å². The molecule has 0 radical (unpaired) electrons. The lowest BCUT2D eigenvalue weighted by Gasteiger charge is -2.17. The lowest BCUT2D eigenvalue weighted by molar-refractivity contribution is 0.117. The fraction of sp³-hybridized carbons (Fsp3) is 0.273.